The van der Waals surface area contributed by atoms with Gasteiger partial charge in [0.05, 0.1) is 5.69 Å². The van der Waals surface area contributed by atoms with E-state index in [1.54, 1.807) is 12.1 Å². The van der Waals surface area contributed by atoms with Crippen LogP contribution >= 0.6 is 11.6 Å². The first-order valence-corrected chi connectivity index (χ1v) is 7.34. The molecule has 2 aromatic rings. The Balaban J connectivity index is 1.82. The van der Waals surface area contributed by atoms with Gasteiger partial charge in [-0.2, -0.15) is 0 Å². The summed E-state index contributed by atoms with van der Waals surface area (Å²) in [5, 5.41) is 3.74. The molecule has 0 aliphatic heterocycles. The minimum Gasteiger partial charge on any atom is -0.376 e. The maximum Gasteiger partial charge on any atom is 0.146 e. The van der Waals surface area contributed by atoms with Gasteiger partial charge in [0.15, 0.2) is 0 Å². The van der Waals surface area contributed by atoms with Gasteiger partial charge in [-0.25, -0.2) is 4.39 Å². The van der Waals surface area contributed by atoms with Crippen LogP contribution in [0.15, 0.2) is 36.4 Å². The second-order valence-electron chi connectivity index (χ2n) is 5.37. The van der Waals surface area contributed by atoms with E-state index in [0.717, 1.165) is 6.42 Å². The lowest BCUT2D eigenvalue weighted by atomic mass is 10.0. The predicted molar refractivity (Wildman–Crippen MR) is 81.9 cm³/mol. The standard InChI is InChI=1S/C17H17ClFN/c1-11(20-17-10-15(18)7-8-16(17)19)13-6-5-12-3-2-4-14(12)9-13/h5-11,20H,2-4H2,1H3. The molecule has 104 valence electrons. The van der Waals surface area contributed by atoms with Crippen molar-refractivity contribution < 1.29 is 4.39 Å². The van der Waals surface area contributed by atoms with Gasteiger partial charge in [-0.05, 0) is 61.1 Å². The molecular formula is C17H17ClFN. The molecule has 2 aromatic carbocycles. The monoisotopic (exact) mass is 289 g/mol. The van der Waals surface area contributed by atoms with Gasteiger partial charge in [0.2, 0.25) is 0 Å². The average molecular weight is 290 g/mol. The number of hydrogen-bond donors (Lipinski definition) is 1. The Hall–Kier alpha value is -1.54. The van der Waals surface area contributed by atoms with Crippen LogP contribution in [0.25, 0.3) is 0 Å². The zero-order valence-corrected chi connectivity index (χ0v) is 12.2. The van der Waals surface area contributed by atoms with Crippen molar-refractivity contribution in [1.29, 1.82) is 0 Å². The number of benzene rings is 2. The zero-order chi connectivity index (χ0) is 14.1. The quantitative estimate of drug-likeness (QED) is 0.825. The van der Waals surface area contributed by atoms with Crippen molar-refractivity contribution in [3.63, 3.8) is 0 Å². The van der Waals surface area contributed by atoms with E-state index in [1.165, 1.54) is 35.6 Å². The maximum atomic E-state index is 13.7. The third-order valence-corrected chi connectivity index (χ3v) is 4.16. The second-order valence-corrected chi connectivity index (χ2v) is 5.81. The first-order chi connectivity index (χ1) is 9.63. The summed E-state index contributed by atoms with van der Waals surface area (Å²) in [7, 11) is 0. The summed E-state index contributed by atoms with van der Waals surface area (Å²) in [6.07, 6.45) is 3.57. The van der Waals surface area contributed by atoms with Gasteiger partial charge in [0, 0.05) is 11.1 Å². The van der Waals surface area contributed by atoms with Gasteiger partial charge in [0.1, 0.15) is 5.82 Å². The topological polar surface area (TPSA) is 12.0 Å². The molecule has 3 rings (SSSR count). The SMILES string of the molecule is CC(Nc1cc(Cl)ccc1F)c1ccc2c(c1)CCC2. The summed E-state index contributed by atoms with van der Waals surface area (Å²) in [6.45, 7) is 2.04. The summed E-state index contributed by atoms with van der Waals surface area (Å²) in [4.78, 5) is 0. The van der Waals surface area contributed by atoms with Crippen molar-refractivity contribution >= 4 is 17.3 Å². The Morgan fingerprint density at radius 2 is 1.90 bits per heavy atom. The fraction of sp³-hybridized carbons (Fsp3) is 0.294. The molecule has 0 saturated heterocycles. The summed E-state index contributed by atoms with van der Waals surface area (Å²) >= 11 is 5.92. The van der Waals surface area contributed by atoms with Gasteiger partial charge in [0.25, 0.3) is 0 Å². The van der Waals surface area contributed by atoms with Crippen LogP contribution in [0.4, 0.5) is 10.1 Å². The lowest BCUT2D eigenvalue weighted by Gasteiger charge is -2.17. The molecule has 20 heavy (non-hydrogen) atoms. The lowest BCUT2D eigenvalue weighted by molar-refractivity contribution is 0.627. The Labute approximate surface area is 123 Å². The zero-order valence-electron chi connectivity index (χ0n) is 11.4. The highest BCUT2D eigenvalue weighted by Gasteiger charge is 2.14. The first-order valence-electron chi connectivity index (χ1n) is 6.97. The largest absolute Gasteiger partial charge is 0.376 e. The van der Waals surface area contributed by atoms with Gasteiger partial charge in [-0.15, -0.1) is 0 Å². The van der Waals surface area contributed by atoms with Crippen molar-refractivity contribution in [2.24, 2.45) is 0 Å². The van der Waals surface area contributed by atoms with Gasteiger partial charge in [-0.3, -0.25) is 0 Å². The molecule has 1 aliphatic carbocycles. The molecule has 1 nitrogen and oxygen atoms in total. The number of rotatable bonds is 3. The molecule has 1 atom stereocenters. The number of anilines is 1. The highest BCUT2D eigenvalue weighted by molar-refractivity contribution is 6.30. The fourth-order valence-electron chi connectivity index (χ4n) is 2.79. The first kappa shape index (κ1) is 13.4. The molecule has 0 amide bonds. The van der Waals surface area contributed by atoms with Gasteiger partial charge < -0.3 is 5.32 Å². The number of nitrogens with one attached hydrogen (secondary N) is 1. The van der Waals surface area contributed by atoms with Crippen LogP contribution in [0.2, 0.25) is 5.02 Å². The fourth-order valence-corrected chi connectivity index (χ4v) is 2.96. The number of halogens is 2. The molecule has 1 aliphatic rings. The normalized spacial score (nSPS) is 14.9. The van der Waals surface area contributed by atoms with Crippen molar-refractivity contribution in [2.75, 3.05) is 5.32 Å². The van der Waals surface area contributed by atoms with Crippen LogP contribution in [-0.4, -0.2) is 0 Å². The molecule has 3 heteroatoms. The Bertz CT molecular complexity index is 639. The van der Waals surface area contributed by atoms with E-state index < -0.39 is 0 Å². The second kappa shape index (κ2) is 5.45. The van der Waals surface area contributed by atoms with E-state index in [4.69, 9.17) is 11.6 Å². The van der Waals surface area contributed by atoms with Crippen LogP contribution in [0, 0.1) is 5.82 Å². The molecular weight excluding hydrogens is 273 g/mol. The summed E-state index contributed by atoms with van der Waals surface area (Å²) in [6, 6.07) is 11.2. The number of fused-ring (bicyclic) bond motifs is 1. The molecule has 0 fully saturated rings. The molecule has 0 radical (unpaired) electrons. The third kappa shape index (κ3) is 2.66. The van der Waals surface area contributed by atoms with E-state index in [2.05, 4.69) is 23.5 Å². The van der Waals surface area contributed by atoms with Crippen molar-refractivity contribution in [2.45, 2.75) is 32.2 Å². The summed E-state index contributed by atoms with van der Waals surface area (Å²) < 4.78 is 13.7. The number of aryl methyl sites for hydroxylation is 2. The van der Waals surface area contributed by atoms with E-state index in [-0.39, 0.29) is 11.9 Å². The molecule has 0 spiro atoms. The van der Waals surface area contributed by atoms with Crippen molar-refractivity contribution in [3.8, 4) is 0 Å². The molecule has 0 aromatic heterocycles. The Kier molecular flexibility index (Phi) is 3.66. The van der Waals surface area contributed by atoms with Crippen molar-refractivity contribution in [3.05, 3.63) is 63.9 Å². The van der Waals surface area contributed by atoms with E-state index in [0.29, 0.717) is 10.7 Å². The molecule has 0 heterocycles. The van der Waals surface area contributed by atoms with Gasteiger partial charge >= 0.3 is 0 Å². The van der Waals surface area contributed by atoms with E-state index in [1.807, 2.05) is 6.92 Å². The molecule has 1 N–H and O–H groups in total. The van der Waals surface area contributed by atoms with E-state index in [9.17, 15) is 4.39 Å². The highest BCUT2D eigenvalue weighted by atomic mass is 35.5. The Morgan fingerprint density at radius 1 is 1.10 bits per heavy atom. The smallest absolute Gasteiger partial charge is 0.146 e. The van der Waals surface area contributed by atoms with Gasteiger partial charge in [-0.1, -0.05) is 29.8 Å². The van der Waals surface area contributed by atoms with Crippen LogP contribution in [0.5, 0.6) is 0 Å². The summed E-state index contributed by atoms with van der Waals surface area (Å²) in [5.41, 5.74) is 4.52. The van der Waals surface area contributed by atoms with Crippen LogP contribution < -0.4 is 5.32 Å². The Morgan fingerprint density at radius 3 is 2.75 bits per heavy atom. The van der Waals surface area contributed by atoms with Crippen LogP contribution in [0.1, 0.15) is 36.1 Å². The van der Waals surface area contributed by atoms with Crippen molar-refractivity contribution in [1.82, 2.24) is 0 Å². The molecule has 0 bridgehead atoms. The highest BCUT2D eigenvalue weighted by Crippen LogP contribution is 2.28. The minimum absolute atomic E-state index is 0.0499. The maximum absolute atomic E-state index is 13.7. The lowest BCUT2D eigenvalue weighted by Crippen LogP contribution is -2.08. The molecule has 1 unspecified atom stereocenters. The predicted octanol–water partition coefficient (Wildman–Crippen LogP) is 5.14. The van der Waals surface area contributed by atoms with E-state index >= 15 is 0 Å². The average Bonchev–Trinajstić information content (AvgIpc) is 2.90. The molecule has 0 saturated carbocycles. The minimum atomic E-state index is -0.276. The van der Waals surface area contributed by atoms with Crippen LogP contribution in [-0.2, 0) is 12.8 Å². The summed E-state index contributed by atoms with van der Waals surface area (Å²) in [5.74, 6) is -0.276. The number of hydrogen-bond acceptors (Lipinski definition) is 1. The third-order valence-electron chi connectivity index (χ3n) is 3.92. The van der Waals surface area contributed by atoms with Crippen LogP contribution in [0.3, 0.4) is 0 Å².